The van der Waals surface area contributed by atoms with Crippen molar-refractivity contribution in [2.24, 2.45) is 0 Å². The van der Waals surface area contributed by atoms with Crippen molar-refractivity contribution in [3.05, 3.63) is 42.4 Å². The van der Waals surface area contributed by atoms with E-state index in [1.807, 2.05) is 37.3 Å². The number of nitrogens with one attached hydrogen (secondary N) is 1. The molecule has 1 aliphatic rings. The fraction of sp³-hybridized carbons (Fsp3) is 0.391. The number of methoxy groups -OCH3 is 1. The van der Waals surface area contributed by atoms with E-state index >= 15 is 0 Å². The highest BCUT2D eigenvalue weighted by atomic mass is 16.7. The third-order valence-electron chi connectivity index (χ3n) is 5.59. The molecule has 11 heteroatoms. The van der Waals surface area contributed by atoms with Gasteiger partial charge in [-0.3, -0.25) is 0 Å². The summed E-state index contributed by atoms with van der Waals surface area (Å²) in [6.45, 7) is 7.92. The zero-order valence-corrected chi connectivity index (χ0v) is 19.6. The van der Waals surface area contributed by atoms with Gasteiger partial charge in [0.15, 0.2) is 12.4 Å². The molecule has 34 heavy (non-hydrogen) atoms. The lowest BCUT2D eigenvalue weighted by Crippen LogP contribution is -2.54. The van der Waals surface area contributed by atoms with Gasteiger partial charge in [-0.15, -0.1) is 25.0 Å². The molecule has 0 unspecified atom stereocenters. The number of benzene rings is 1. The molecule has 11 nitrogen and oxygen atoms in total. The van der Waals surface area contributed by atoms with E-state index in [9.17, 15) is 0 Å². The van der Waals surface area contributed by atoms with Gasteiger partial charge in [-0.2, -0.15) is 0 Å². The number of fused-ring (bicyclic) bond motifs is 1. The lowest BCUT2D eigenvalue weighted by atomic mass is 10.1. The predicted octanol–water partition coefficient (Wildman–Crippen LogP) is 2.12. The van der Waals surface area contributed by atoms with E-state index in [0.29, 0.717) is 40.9 Å². The van der Waals surface area contributed by atoms with Gasteiger partial charge in [0.2, 0.25) is 5.95 Å². The van der Waals surface area contributed by atoms with Crippen LogP contribution in [-0.2, 0) is 4.74 Å². The number of rotatable bonds is 6. The average molecular weight is 462 g/mol. The van der Waals surface area contributed by atoms with E-state index in [2.05, 4.69) is 54.4 Å². The first kappa shape index (κ1) is 22.1. The third-order valence-corrected chi connectivity index (χ3v) is 5.59. The van der Waals surface area contributed by atoms with Crippen LogP contribution < -0.4 is 15.0 Å². The Morgan fingerprint density at radius 1 is 1.03 bits per heavy atom. The summed E-state index contributed by atoms with van der Waals surface area (Å²) in [5.74, 6) is 1.90. The SMILES string of the molecule is COCOc1cc(-c2ccc3nc(C)nn3n2)ccc1-c1cnc(N2C[C@@H](C)N[C@@H](C)C2)nn1. The molecule has 176 valence electrons. The maximum absolute atomic E-state index is 5.87. The van der Waals surface area contributed by atoms with Crippen molar-refractivity contribution in [2.45, 2.75) is 32.9 Å². The Bertz CT molecular complexity index is 1280. The molecule has 1 fully saturated rings. The average Bonchev–Trinajstić information content (AvgIpc) is 3.21. The topological polar surface area (TPSA) is 115 Å². The smallest absolute Gasteiger partial charge is 0.245 e. The highest BCUT2D eigenvalue weighted by Crippen LogP contribution is 2.33. The Labute approximate surface area is 197 Å². The normalized spacial score (nSPS) is 18.4. The van der Waals surface area contributed by atoms with Crippen molar-refractivity contribution < 1.29 is 9.47 Å². The Hall–Kier alpha value is -3.70. The van der Waals surface area contributed by atoms with Crippen LogP contribution in [0.15, 0.2) is 36.5 Å². The fourth-order valence-electron chi connectivity index (χ4n) is 4.20. The Balaban J connectivity index is 1.45. The summed E-state index contributed by atoms with van der Waals surface area (Å²) in [5.41, 5.74) is 3.70. The van der Waals surface area contributed by atoms with Crippen LogP contribution in [0.1, 0.15) is 19.7 Å². The summed E-state index contributed by atoms with van der Waals surface area (Å²) in [4.78, 5) is 11.1. The Kier molecular flexibility index (Phi) is 6.03. The minimum absolute atomic E-state index is 0.0979. The van der Waals surface area contributed by atoms with Crippen LogP contribution in [0.3, 0.4) is 0 Å². The van der Waals surface area contributed by atoms with E-state index in [-0.39, 0.29) is 6.79 Å². The van der Waals surface area contributed by atoms with Gasteiger partial charge in [0.25, 0.3) is 0 Å². The molecule has 4 heterocycles. The molecule has 1 saturated heterocycles. The van der Waals surface area contributed by atoms with E-state index < -0.39 is 0 Å². The second-order valence-electron chi connectivity index (χ2n) is 8.50. The van der Waals surface area contributed by atoms with Gasteiger partial charge >= 0.3 is 0 Å². The number of nitrogens with zero attached hydrogens (tertiary/aromatic N) is 8. The minimum atomic E-state index is 0.0979. The van der Waals surface area contributed by atoms with Crippen molar-refractivity contribution in [2.75, 3.05) is 31.9 Å². The molecule has 0 bridgehead atoms. The Morgan fingerprint density at radius 2 is 1.85 bits per heavy atom. The summed E-state index contributed by atoms with van der Waals surface area (Å²) in [7, 11) is 1.58. The van der Waals surface area contributed by atoms with E-state index in [0.717, 1.165) is 29.9 Å². The molecule has 1 N–H and O–H groups in total. The lowest BCUT2D eigenvalue weighted by molar-refractivity contribution is 0.0515. The molecule has 3 aromatic heterocycles. The standard InChI is InChI=1S/C23H27N9O2/c1-14-11-31(12-15(2)25-14)23-24-10-20(27-28-23)18-6-5-17(9-21(18)34-13-33-4)19-7-8-22-26-16(3)29-32(22)30-19/h5-10,14-15,25H,11-13H2,1-4H3/t14-,15+. The van der Waals surface area contributed by atoms with Crippen molar-refractivity contribution in [1.29, 1.82) is 0 Å². The van der Waals surface area contributed by atoms with Crippen LogP contribution >= 0.6 is 0 Å². The van der Waals surface area contributed by atoms with E-state index in [4.69, 9.17) is 9.47 Å². The summed E-state index contributed by atoms with van der Waals surface area (Å²) in [6.07, 6.45) is 1.73. The van der Waals surface area contributed by atoms with Gasteiger partial charge in [-0.25, -0.2) is 9.97 Å². The molecule has 2 atom stereocenters. The van der Waals surface area contributed by atoms with Crippen molar-refractivity contribution in [3.8, 4) is 28.3 Å². The van der Waals surface area contributed by atoms with E-state index in [1.54, 1.807) is 13.3 Å². The van der Waals surface area contributed by atoms with Crippen LogP contribution in [0, 0.1) is 6.92 Å². The van der Waals surface area contributed by atoms with Crippen molar-refractivity contribution in [3.63, 3.8) is 0 Å². The highest BCUT2D eigenvalue weighted by Gasteiger charge is 2.23. The fourth-order valence-corrected chi connectivity index (χ4v) is 4.20. The summed E-state index contributed by atoms with van der Waals surface area (Å²) in [5, 5.41) is 21.2. The second kappa shape index (κ2) is 9.27. The summed E-state index contributed by atoms with van der Waals surface area (Å²) in [6, 6.07) is 10.3. The number of ether oxygens (including phenoxy) is 2. The highest BCUT2D eigenvalue weighted by molar-refractivity contribution is 5.73. The first-order valence-corrected chi connectivity index (χ1v) is 11.2. The first-order chi connectivity index (χ1) is 16.5. The quantitative estimate of drug-likeness (QED) is 0.428. The predicted molar refractivity (Wildman–Crippen MR) is 127 cm³/mol. The minimum Gasteiger partial charge on any atom is -0.467 e. The zero-order chi connectivity index (χ0) is 23.7. The zero-order valence-electron chi connectivity index (χ0n) is 19.6. The third kappa shape index (κ3) is 4.52. The Morgan fingerprint density at radius 3 is 2.59 bits per heavy atom. The maximum Gasteiger partial charge on any atom is 0.245 e. The summed E-state index contributed by atoms with van der Waals surface area (Å²) < 4.78 is 12.5. The van der Waals surface area contributed by atoms with Crippen LogP contribution in [0.2, 0.25) is 0 Å². The molecule has 0 amide bonds. The first-order valence-electron chi connectivity index (χ1n) is 11.2. The molecule has 5 rings (SSSR count). The van der Waals surface area contributed by atoms with Crippen molar-refractivity contribution >= 4 is 11.6 Å². The van der Waals surface area contributed by atoms with Crippen molar-refractivity contribution in [1.82, 2.24) is 40.3 Å². The van der Waals surface area contributed by atoms with Crippen LogP contribution in [-0.4, -0.2) is 74.1 Å². The number of hydrogen-bond donors (Lipinski definition) is 1. The molecular weight excluding hydrogens is 434 g/mol. The second-order valence-corrected chi connectivity index (χ2v) is 8.50. The van der Waals surface area contributed by atoms with Gasteiger partial charge in [0.05, 0.1) is 11.9 Å². The van der Waals surface area contributed by atoms with Gasteiger partial charge < -0.3 is 19.7 Å². The molecule has 0 saturated carbocycles. The number of aryl methyl sites for hydroxylation is 1. The number of piperazine rings is 1. The van der Waals surface area contributed by atoms with Gasteiger partial charge in [0.1, 0.15) is 17.3 Å². The molecule has 0 radical (unpaired) electrons. The van der Waals surface area contributed by atoms with Gasteiger partial charge in [-0.1, -0.05) is 6.07 Å². The maximum atomic E-state index is 5.87. The molecular formula is C23H27N9O2. The van der Waals surface area contributed by atoms with Crippen LogP contribution in [0.4, 0.5) is 5.95 Å². The molecule has 1 aliphatic heterocycles. The van der Waals surface area contributed by atoms with E-state index in [1.165, 1.54) is 4.63 Å². The lowest BCUT2D eigenvalue weighted by Gasteiger charge is -2.35. The van der Waals surface area contributed by atoms with Crippen LogP contribution in [0.5, 0.6) is 5.75 Å². The molecule has 4 aromatic rings. The van der Waals surface area contributed by atoms with Crippen LogP contribution in [0.25, 0.3) is 28.2 Å². The van der Waals surface area contributed by atoms with Gasteiger partial charge in [-0.05, 0) is 45.0 Å². The summed E-state index contributed by atoms with van der Waals surface area (Å²) >= 11 is 0. The molecule has 0 spiro atoms. The molecule has 1 aromatic carbocycles. The number of aromatic nitrogens is 7. The van der Waals surface area contributed by atoms with Gasteiger partial charge in [0, 0.05) is 43.4 Å². The molecule has 0 aliphatic carbocycles. The monoisotopic (exact) mass is 461 g/mol. The largest absolute Gasteiger partial charge is 0.467 e. The number of anilines is 1. The number of hydrogen-bond acceptors (Lipinski definition) is 10.